The SMILES string of the molecule is CC(C)[C@H]1C[C@@H]1O[Si](C)(C)C(C)(C)C. The van der Waals surface area contributed by atoms with Gasteiger partial charge in [-0.25, -0.2) is 0 Å². The average molecular weight is 214 g/mol. The number of hydrogen-bond donors (Lipinski definition) is 0. The van der Waals surface area contributed by atoms with Crippen molar-refractivity contribution < 1.29 is 4.43 Å². The van der Waals surface area contributed by atoms with E-state index in [-0.39, 0.29) is 0 Å². The molecule has 0 amide bonds. The molecule has 0 aromatic heterocycles. The van der Waals surface area contributed by atoms with Crippen molar-refractivity contribution in [3.8, 4) is 0 Å². The van der Waals surface area contributed by atoms with Crippen LogP contribution in [0.1, 0.15) is 41.0 Å². The predicted molar refractivity (Wildman–Crippen MR) is 65.0 cm³/mol. The van der Waals surface area contributed by atoms with Crippen LogP contribution in [0.2, 0.25) is 18.1 Å². The Morgan fingerprint density at radius 3 is 2.00 bits per heavy atom. The normalized spacial score (nSPS) is 28.3. The lowest BCUT2D eigenvalue weighted by Gasteiger charge is -2.36. The van der Waals surface area contributed by atoms with Crippen LogP contribution < -0.4 is 0 Å². The van der Waals surface area contributed by atoms with Gasteiger partial charge in [0.15, 0.2) is 8.32 Å². The third-order valence-corrected chi connectivity index (χ3v) is 8.39. The van der Waals surface area contributed by atoms with Crippen LogP contribution in [0.3, 0.4) is 0 Å². The van der Waals surface area contributed by atoms with E-state index in [0.29, 0.717) is 11.1 Å². The third-order valence-electron chi connectivity index (χ3n) is 3.89. The first kappa shape index (κ1) is 12.2. The monoisotopic (exact) mass is 214 g/mol. The highest BCUT2D eigenvalue weighted by Crippen LogP contribution is 2.46. The van der Waals surface area contributed by atoms with Gasteiger partial charge in [-0.15, -0.1) is 0 Å². The Bertz CT molecular complexity index is 203. The van der Waals surface area contributed by atoms with E-state index in [4.69, 9.17) is 4.43 Å². The molecular weight excluding hydrogens is 188 g/mol. The first-order valence-corrected chi connectivity index (χ1v) is 8.74. The van der Waals surface area contributed by atoms with E-state index in [2.05, 4.69) is 47.7 Å². The molecule has 1 fully saturated rings. The highest BCUT2D eigenvalue weighted by molar-refractivity contribution is 6.74. The van der Waals surface area contributed by atoms with Crippen LogP contribution in [-0.2, 0) is 4.43 Å². The molecule has 0 N–H and O–H groups in total. The summed E-state index contributed by atoms with van der Waals surface area (Å²) in [5, 5.41) is 0.358. The largest absolute Gasteiger partial charge is 0.414 e. The van der Waals surface area contributed by atoms with Gasteiger partial charge in [-0.3, -0.25) is 0 Å². The quantitative estimate of drug-likeness (QED) is 0.644. The van der Waals surface area contributed by atoms with Crippen molar-refractivity contribution in [2.24, 2.45) is 11.8 Å². The Balaban J connectivity index is 2.47. The molecule has 2 atom stereocenters. The Labute approximate surface area is 90.4 Å². The third kappa shape index (κ3) is 2.60. The summed E-state index contributed by atoms with van der Waals surface area (Å²) < 4.78 is 6.33. The van der Waals surface area contributed by atoms with Crippen LogP contribution in [0.4, 0.5) is 0 Å². The molecule has 84 valence electrons. The molecule has 1 aliphatic rings. The van der Waals surface area contributed by atoms with Crippen LogP contribution >= 0.6 is 0 Å². The molecule has 1 saturated carbocycles. The van der Waals surface area contributed by atoms with Gasteiger partial charge in [-0.2, -0.15) is 0 Å². The van der Waals surface area contributed by atoms with E-state index < -0.39 is 8.32 Å². The lowest BCUT2D eigenvalue weighted by atomic mass is 10.1. The summed E-state index contributed by atoms with van der Waals surface area (Å²) in [6.45, 7) is 16.2. The zero-order valence-electron chi connectivity index (χ0n) is 10.8. The maximum atomic E-state index is 6.33. The van der Waals surface area contributed by atoms with Gasteiger partial charge < -0.3 is 4.43 Å². The summed E-state index contributed by atoms with van der Waals surface area (Å²) in [6.07, 6.45) is 1.88. The lowest BCUT2D eigenvalue weighted by Crippen LogP contribution is -2.41. The predicted octanol–water partition coefficient (Wildman–Crippen LogP) is 4.05. The first-order valence-electron chi connectivity index (χ1n) is 5.83. The first-order chi connectivity index (χ1) is 6.15. The minimum Gasteiger partial charge on any atom is -0.414 e. The minimum absolute atomic E-state index is 0.358. The van der Waals surface area contributed by atoms with E-state index in [1.807, 2.05) is 0 Å². The van der Waals surface area contributed by atoms with Gasteiger partial charge in [0, 0.05) is 6.10 Å². The average Bonchev–Trinajstić information content (AvgIpc) is 2.63. The van der Waals surface area contributed by atoms with Crippen molar-refractivity contribution >= 4 is 8.32 Å². The zero-order chi connectivity index (χ0) is 11.1. The summed E-state index contributed by atoms with van der Waals surface area (Å²) in [4.78, 5) is 0. The molecule has 0 radical (unpaired) electrons. The van der Waals surface area contributed by atoms with Gasteiger partial charge in [-0.05, 0) is 36.4 Å². The summed E-state index contributed by atoms with van der Waals surface area (Å²) >= 11 is 0. The summed E-state index contributed by atoms with van der Waals surface area (Å²) in [5.74, 6) is 1.63. The van der Waals surface area contributed by atoms with Crippen molar-refractivity contribution in [3.05, 3.63) is 0 Å². The molecule has 1 rings (SSSR count). The molecule has 0 spiro atoms. The second-order valence-corrected chi connectivity index (χ2v) is 11.3. The fourth-order valence-corrected chi connectivity index (χ4v) is 2.96. The topological polar surface area (TPSA) is 9.23 Å². The Hall–Kier alpha value is 0.177. The summed E-state index contributed by atoms with van der Waals surface area (Å²) in [7, 11) is -1.49. The maximum absolute atomic E-state index is 6.33. The molecule has 0 aliphatic heterocycles. The molecule has 2 heteroatoms. The van der Waals surface area contributed by atoms with Gasteiger partial charge in [-0.1, -0.05) is 34.6 Å². The Morgan fingerprint density at radius 1 is 1.21 bits per heavy atom. The molecule has 0 heterocycles. The standard InChI is InChI=1S/C12H26OSi/c1-9(2)10-8-11(10)13-14(6,7)12(3,4)5/h9-11H,8H2,1-7H3/t10-,11+/m1/s1. The second-order valence-electron chi connectivity index (χ2n) is 6.56. The highest BCUT2D eigenvalue weighted by atomic mass is 28.4. The van der Waals surface area contributed by atoms with Crippen molar-refractivity contribution in [3.63, 3.8) is 0 Å². The van der Waals surface area contributed by atoms with Gasteiger partial charge in [0.1, 0.15) is 0 Å². The highest BCUT2D eigenvalue weighted by Gasteiger charge is 2.47. The molecule has 14 heavy (non-hydrogen) atoms. The van der Waals surface area contributed by atoms with Crippen LogP contribution in [0.15, 0.2) is 0 Å². The van der Waals surface area contributed by atoms with Crippen LogP contribution in [0.25, 0.3) is 0 Å². The van der Waals surface area contributed by atoms with Gasteiger partial charge in [0.2, 0.25) is 0 Å². The van der Waals surface area contributed by atoms with Gasteiger partial charge in [0.25, 0.3) is 0 Å². The van der Waals surface area contributed by atoms with Gasteiger partial charge >= 0.3 is 0 Å². The zero-order valence-corrected chi connectivity index (χ0v) is 11.8. The molecule has 1 aliphatic carbocycles. The van der Waals surface area contributed by atoms with E-state index >= 15 is 0 Å². The lowest BCUT2D eigenvalue weighted by molar-refractivity contribution is 0.244. The Morgan fingerprint density at radius 2 is 1.71 bits per heavy atom. The smallest absolute Gasteiger partial charge is 0.192 e. The fourth-order valence-electron chi connectivity index (χ4n) is 1.58. The fraction of sp³-hybridized carbons (Fsp3) is 1.00. The molecule has 0 aromatic carbocycles. The maximum Gasteiger partial charge on any atom is 0.192 e. The van der Waals surface area contributed by atoms with Crippen molar-refractivity contribution in [1.82, 2.24) is 0 Å². The summed E-state index contributed by atoms with van der Waals surface area (Å²) in [6, 6.07) is 0. The molecular formula is C12H26OSi. The number of hydrogen-bond acceptors (Lipinski definition) is 1. The van der Waals surface area contributed by atoms with E-state index in [0.717, 1.165) is 11.8 Å². The van der Waals surface area contributed by atoms with Crippen molar-refractivity contribution in [2.45, 2.75) is 65.3 Å². The van der Waals surface area contributed by atoms with Crippen LogP contribution in [-0.4, -0.2) is 14.4 Å². The summed E-state index contributed by atoms with van der Waals surface area (Å²) in [5.41, 5.74) is 0. The van der Waals surface area contributed by atoms with Crippen LogP contribution in [0.5, 0.6) is 0 Å². The number of rotatable bonds is 3. The molecule has 0 saturated heterocycles. The second kappa shape index (κ2) is 3.64. The minimum atomic E-state index is -1.49. The van der Waals surface area contributed by atoms with Crippen molar-refractivity contribution in [2.75, 3.05) is 0 Å². The van der Waals surface area contributed by atoms with E-state index in [1.54, 1.807) is 0 Å². The van der Waals surface area contributed by atoms with E-state index in [9.17, 15) is 0 Å². The van der Waals surface area contributed by atoms with Crippen molar-refractivity contribution in [1.29, 1.82) is 0 Å². The van der Waals surface area contributed by atoms with Crippen LogP contribution in [0, 0.1) is 11.8 Å². The molecule has 0 bridgehead atoms. The van der Waals surface area contributed by atoms with E-state index in [1.165, 1.54) is 6.42 Å². The van der Waals surface area contributed by atoms with Gasteiger partial charge in [0.05, 0.1) is 0 Å². The molecule has 0 aromatic rings. The molecule has 0 unspecified atom stereocenters. The molecule has 1 nitrogen and oxygen atoms in total. The Kier molecular flexibility index (Phi) is 3.18.